The Bertz CT molecular complexity index is 1180. The highest BCUT2D eigenvalue weighted by atomic mass is 19.4. The number of benzene rings is 1. The average Bonchev–Trinajstić information content (AvgIpc) is 3.08. The summed E-state index contributed by atoms with van der Waals surface area (Å²) >= 11 is 0. The third-order valence-electron chi connectivity index (χ3n) is 4.67. The second-order valence-corrected chi connectivity index (χ2v) is 6.42. The Hall–Kier alpha value is -3.75. The van der Waals surface area contributed by atoms with Crippen molar-refractivity contribution in [2.75, 3.05) is 5.32 Å². The van der Waals surface area contributed by atoms with Gasteiger partial charge in [-0.1, -0.05) is 6.07 Å². The number of halogens is 4. The zero-order valence-corrected chi connectivity index (χ0v) is 14.5. The molecule has 0 saturated carbocycles. The van der Waals surface area contributed by atoms with Crippen molar-refractivity contribution in [3.8, 4) is 33.9 Å². The van der Waals surface area contributed by atoms with Gasteiger partial charge in [0.25, 0.3) is 0 Å². The van der Waals surface area contributed by atoms with Gasteiger partial charge in [0.05, 0.1) is 28.7 Å². The summed E-state index contributed by atoms with van der Waals surface area (Å²) in [5.74, 6) is -0.857. The molecule has 0 bridgehead atoms. The molecule has 5 nitrogen and oxygen atoms in total. The molecule has 0 amide bonds. The lowest BCUT2D eigenvalue weighted by molar-refractivity contribution is -0.139. The Morgan fingerprint density at radius 1 is 0.897 bits per heavy atom. The zero-order valence-electron chi connectivity index (χ0n) is 14.5. The molecule has 3 aromatic heterocycles. The van der Waals surface area contributed by atoms with Gasteiger partial charge in [-0.25, -0.2) is 14.4 Å². The quantitative estimate of drug-likeness (QED) is 0.371. The second-order valence-electron chi connectivity index (χ2n) is 6.42. The molecule has 0 atom stereocenters. The first-order valence-electron chi connectivity index (χ1n) is 8.56. The van der Waals surface area contributed by atoms with E-state index in [0.29, 0.717) is 40.1 Å². The number of H-pyrrole nitrogens is 1. The van der Waals surface area contributed by atoms with Crippen LogP contribution in [0.4, 0.5) is 29.1 Å². The van der Waals surface area contributed by atoms with E-state index in [1.165, 1.54) is 6.07 Å². The molecule has 1 aromatic carbocycles. The lowest BCUT2D eigenvalue weighted by atomic mass is 10.1. The third-order valence-corrected chi connectivity index (χ3v) is 4.67. The van der Waals surface area contributed by atoms with Gasteiger partial charge in [-0.3, -0.25) is 4.98 Å². The molecular weight excluding hydrogens is 386 g/mol. The first kappa shape index (κ1) is 17.4. The smallest absolute Gasteiger partial charge is 0.338 e. The number of aromatic amines is 1. The standard InChI is InChI=1S/C20H11F4N5/c21-15-11(3-1-5-13(15)20(22,23)24)19-28-16-10-6-8-25-9-14(10)27-18-12(17(16)29-19)4-2-7-26-18/h1-9H,(H,26,27)(H,28,29). The lowest BCUT2D eigenvalue weighted by Crippen LogP contribution is -2.09. The van der Waals surface area contributed by atoms with Gasteiger partial charge >= 0.3 is 6.18 Å². The summed E-state index contributed by atoms with van der Waals surface area (Å²) in [4.78, 5) is 15.8. The number of pyridine rings is 2. The number of rotatable bonds is 1. The van der Waals surface area contributed by atoms with Crippen molar-refractivity contribution >= 4 is 11.5 Å². The van der Waals surface area contributed by atoms with Crippen LogP contribution in [-0.4, -0.2) is 19.9 Å². The van der Waals surface area contributed by atoms with E-state index in [1.54, 1.807) is 36.8 Å². The number of alkyl halides is 3. The van der Waals surface area contributed by atoms with E-state index in [1.807, 2.05) is 0 Å². The van der Waals surface area contributed by atoms with E-state index in [-0.39, 0.29) is 11.4 Å². The molecule has 1 aliphatic rings. The van der Waals surface area contributed by atoms with Crippen molar-refractivity contribution in [3.63, 3.8) is 0 Å². The highest BCUT2D eigenvalue weighted by Crippen LogP contribution is 2.43. The SMILES string of the molecule is Fc1c(-c2nc3c([nH]2)-c2ccncc2Nc2ncccc2-3)cccc1C(F)(F)F. The summed E-state index contributed by atoms with van der Waals surface area (Å²) in [6.07, 6.45) is -0.0112. The van der Waals surface area contributed by atoms with Crippen LogP contribution in [0, 0.1) is 5.82 Å². The van der Waals surface area contributed by atoms with Crippen LogP contribution in [0.1, 0.15) is 5.56 Å². The minimum atomic E-state index is -4.80. The van der Waals surface area contributed by atoms with E-state index in [4.69, 9.17) is 0 Å². The molecule has 4 heterocycles. The molecular formula is C20H11F4N5. The van der Waals surface area contributed by atoms with E-state index < -0.39 is 17.6 Å². The van der Waals surface area contributed by atoms with Crippen LogP contribution in [0.2, 0.25) is 0 Å². The van der Waals surface area contributed by atoms with Gasteiger partial charge in [0, 0.05) is 23.5 Å². The largest absolute Gasteiger partial charge is 0.419 e. The molecule has 4 aromatic rings. The van der Waals surface area contributed by atoms with Crippen molar-refractivity contribution in [1.82, 2.24) is 19.9 Å². The van der Waals surface area contributed by atoms with E-state index in [2.05, 4.69) is 25.3 Å². The van der Waals surface area contributed by atoms with Crippen LogP contribution in [0.5, 0.6) is 0 Å². The predicted octanol–water partition coefficient (Wildman–Crippen LogP) is 5.42. The van der Waals surface area contributed by atoms with Crippen molar-refractivity contribution in [2.24, 2.45) is 0 Å². The first-order chi connectivity index (χ1) is 13.9. The number of fused-ring (bicyclic) bond motifs is 5. The van der Waals surface area contributed by atoms with Gasteiger partial charge in [0.15, 0.2) is 0 Å². The number of anilines is 2. The topological polar surface area (TPSA) is 66.5 Å². The Kier molecular flexibility index (Phi) is 3.67. The van der Waals surface area contributed by atoms with E-state index in [0.717, 1.165) is 6.07 Å². The summed E-state index contributed by atoms with van der Waals surface area (Å²) in [6.45, 7) is 0. The Morgan fingerprint density at radius 2 is 1.72 bits per heavy atom. The highest BCUT2D eigenvalue weighted by Gasteiger charge is 2.35. The van der Waals surface area contributed by atoms with Gasteiger partial charge in [-0.05, 0) is 30.3 Å². The number of imidazole rings is 1. The summed E-state index contributed by atoms with van der Waals surface area (Å²) in [7, 11) is 0. The normalized spacial score (nSPS) is 12.4. The molecule has 29 heavy (non-hydrogen) atoms. The molecule has 0 spiro atoms. The average molecular weight is 397 g/mol. The summed E-state index contributed by atoms with van der Waals surface area (Å²) < 4.78 is 54.1. The Labute approximate surface area is 161 Å². The van der Waals surface area contributed by atoms with Crippen molar-refractivity contribution in [2.45, 2.75) is 6.18 Å². The maximum absolute atomic E-state index is 14.7. The van der Waals surface area contributed by atoms with Crippen LogP contribution in [0.15, 0.2) is 55.0 Å². The fourth-order valence-corrected chi connectivity index (χ4v) is 3.36. The lowest BCUT2D eigenvalue weighted by Gasteiger charge is -2.10. The van der Waals surface area contributed by atoms with Crippen molar-refractivity contribution in [3.05, 3.63) is 66.4 Å². The number of nitrogens with zero attached hydrogens (tertiary/aromatic N) is 3. The van der Waals surface area contributed by atoms with Crippen LogP contribution < -0.4 is 5.32 Å². The third kappa shape index (κ3) is 2.74. The molecule has 0 radical (unpaired) electrons. The zero-order chi connectivity index (χ0) is 20.2. The highest BCUT2D eigenvalue weighted by molar-refractivity contribution is 5.95. The van der Waals surface area contributed by atoms with Crippen LogP contribution >= 0.6 is 0 Å². The maximum atomic E-state index is 14.7. The monoisotopic (exact) mass is 397 g/mol. The molecule has 0 fully saturated rings. The van der Waals surface area contributed by atoms with Gasteiger partial charge in [-0.15, -0.1) is 0 Å². The summed E-state index contributed by atoms with van der Waals surface area (Å²) in [5, 5.41) is 3.18. The Balaban J connectivity index is 1.77. The van der Waals surface area contributed by atoms with Gasteiger partial charge in [0.2, 0.25) is 0 Å². The summed E-state index contributed by atoms with van der Waals surface area (Å²) in [6, 6.07) is 8.36. The second kappa shape index (κ2) is 6.13. The van der Waals surface area contributed by atoms with Crippen LogP contribution in [0.25, 0.3) is 33.9 Å². The number of hydrogen-bond acceptors (Lipinski definition) is 4. The van der Waals surface area contributed by atoms with Crippen molar-refractivity contribution in [1.29, 1.82) is 0 Å². The molecule has 144 valence electrons. The molecule has 1 aliphatic heterocycles. The molecule has 0 unspecified atom stereocenters. The molecule has 2 N–H and O–H groups in total. The molecule has 0 aliphatic carbocycles. The maximum Gasteiger partial charge on any atom is 0.419 e. The van der Waals surface area contributed by atoms with Gasteiger partial charge in [-0.2, -0.15) is 13.2 Å². The number of nitrogens with one attached hydrogen (secondary N) is 2. The molecule has 0 saturated heterocycles. The summed E-state index contributed by atoms with van der Waals surface area (Å²) in [5.41, 5.74) is 1.36. The number of aromatic nitrogens is 4. The van der Waals surface area contributed by atoms with E-state index >= 15 is 0 Å². The van der Waals surface area contributed by atoms with Gasteiger partial charge in [0.1, 0.15) is 23.2 Å². The minimum Gasteiger partial charge on any atom is -0.338 e. The number of hydrogen-bond donors (Lipinski definition) is 2. The fourth-order valence-electron chi connectivity index (χ4n) is 3.36. The van der Waals surface area contributed by atoms with Gasteiger partial charge < -0.3 is 10.3 Å². The van der Waals surface area contributed by atoms with Crippen LogP contribution in [0.3, 0.4) is 0 Å². The first-order valence-corrected chi connectivity index (χ1v) is 8.56. The minimum absolute atomic E-state index is 0.00179. The molecule has 5 rings (SSSR count). The van der Waals surface area contributed by atoms with Crippen LogP contribution in [-0.2, 0) is 6.18 Å². The Morgan fingerprint density at radius 3 is 2.55 bits per heavy atom. The molecule has 9 heteroatoms. The van der Waals surface area contributed by atoms with E-state index in [9.17, 15) is 17.6 Å². The van der Waals surface area contributed by atoms with Crippen molar-refractivity contribution < 1.29 is 17.6 Å². The predicted molar refractivity (Wildman–Crippen MR) is 98.7 cm³/mol. The fraction of sp³-hybridized carbons (Fsp3) is 0.0500.